The number of nitrogens with one attached hydrogen (secondary N) is 1. The number of hydrogen-bond acceptors (Lipinski definition) is 4. The van der Waals surface area contributed by atoms with E-state index in [-0.39, 0.29) is 21.5 Å². The van der Waals surface area contributed by atoms with Gasteiger partial charge in [0.15, 0.2) is 0 Å². The van der Waals surface area contributed by atoms with E-state index in [4.69, 9.17) is 11.6 Å². The molecule has 24 heavy (non-hydrogen) atoms. The van der Waals surface area contributed by atoms with E-state index in [0.29, 0.717) is 6.42 Å². The molecule has 0 aromatic heterocycles. The lowest BCUT2D eigenvalue weighted by molar-refractivity contribution is 0.0600. The van der Waals surface area contributed by atoms with E-state index in [1.807, 2.05) is 37.3 Å². The molecular formula is C17H18ClNO4S. The Kier molecular flexibility index (Phi) is 5.99. The van der Waals surface area contributed by atoms with Gasteiger partial charge in [0, 0.05) is 6.04 Å². The van der Waals surface area contributed by atoms with Crippen LogP contribution in [0.15, 0.2) is 53.4 Å². The summed E-state index contributed by atoms with van der Waals surface area (Å²) < 4.78 is 32.6. The third kappa shape index (κ3) is 4.14. The van der Waals surface area contributed by atoms with E-state index in [2.05, 4.69) is 9.46 Å². The van der Waals surface area contributed by atoms with Gasteiger partial charge in [-0.1, -0.05) is 48.9 Å². The number of sulfonamides is 1. The second-order valence-electron chi connectivity index (χ2n) is 5.13. The average Bonchev–Trinajstić information content (AvgIpc) is 2.60. The molecule has 0 amide bonds. The normalized spacial score (nSPS) is 12.6. The summed E-state index contributed by atoms with van der Waals surface area (Å²) in [6, 6.07) is 12.9. The number of carbonyl (C=O) groups excluding carboxylic acids is 1. The summed E-state index contributed by atoms with van der Waals surface area (Å²) in [5.41, 5.74) is 0.875. The van der Waals surface area contributed by atoms with Crippen molar-refractivity contribution in [2.45, 2.75) is 24.3 Å². The van der Waals surface area contributed by atoms with E-state index in [0.717, 1.165) is 5.56 Å². The molecule has 0 bridgehead atoms. The van der Waals surface area contributed by atoms with Gasteiger partial charge in [-0.15, -0.1) is 0 Å². The highest BCUT2D eigenvalue weighted by atomic mass is 35.5. The molecule has 7 heteroatoms. The van der Waals surface area contributed by atoms with Gasteiger partial charge in [0.1, 0.15) is 0 Å². The van der Waals surface area contributed by atoms with Crippen molar-refractivity contribution in [3.8, 4) is 0 Å². The first kappa shape index (κ1) is 18.4. The summed E-state index contributed by atoms with van der Waals surface area (Å²) in [5, 5.41) is 0.135. The topological polar surface area (TPSA) is 72.5 Å². The molecule has 0 unspecified atom stereocenters. The van der Waals surface area contributed by atoms with Crippen LogP contribution in [0.3, 0.4) is 0 Å². The van der Waals surface area contributed by atoms with Crippen LogP contribution in [-0.2, 0) is 14.8 Å². The fourth-order valence-corrected chi connectivity index (χ4v) is 3.79. The number of halogens is 1. The zero-order valence-corrected chi connectivity index (χ0v) is 14.9. The molecule has 0 aliphatic rings. The van der Waals surface area contributed by atoms with Gasteiger partial charge in [0.25, 0.3) is 0 Å². The van der Waals surface area contributed by atoms with Crippen LogP contribution >= 0.6 is 11.6 Å². The molecule has 1 atom stereocenters. The van der Waals surface area contributed by atoms with Crippen LogP contribution in [-0.4, -0.2) is 21.5 Å². The van der Waals surface area contributed by atoms with Crippen LogP contribution < -0.4 is 4.72 Å². The van der Waals surface area contributed by atoms with E-state index in [1.165, 1.54) is 25.3 Å². The van der Waals surface area contributed by atoms with Gasteiger partial charge >= 0.3 is 5.97 Å². The van der Waals surface area contributed by atoms with Gasteiger partial charge in [0.2, 0.25) is 10.0 Å². The highest BCUT2D eigenvalue weighted by Gasteiger charge is 2.22. The third-order valence-corrected chi connectivity index (χ3v) is 5.36. The summed E-state index contributed by atoms with van der Waals surface area (Å²) >= 11 is 5.93. The van der Waals surface area contributed by atoms with E-state index in [1.54, 1.807) is 0 Å². The molecule has 2 rings (SSSR count). The smallest absolute Gasteiger partial charge is 0.339 e. The minimum absolute atomic E-state index is 0.00908. The summed E-state index contributed by atoms with van der Waals surface area (Å²) in [6.07, 6.45) is 0.584. The quantitative estimate of drug-likeness (QED) is 0.792. The lowest BCUT2D eigenvalue weighted by atomic mass is 10.1. The molecule has 0 aliphatic carbocycles. The Labute approximate surface area is 146 Å². The maximum Gasteiger partial charge on any atom is 0.339 e. The Bertz CT molecular complexity index is 822. The Morgan fingerprint density at radius 1 is 1.21 bits per heavy atom. The van der Waals surface area contributed by atoms with E-state index in [9.17, 15) is 13.2 Å². The summed E-state index contributed by atoms with van der Waals surface area (Å²) in [7, 11) is -2.61. The molecule has 0 spiro atoms. The number of carbonyl (C=O) groups is 1. The Morgan fingerprint density at radius 2 is 1.88 bits per heavy atom. The van der Waals surface area contributed by atoms with Gasteiger partial charge in [-0.25, -0.2) is 17.9 Å². The Balaban J connectivity index is 2.35. The second kappa shape index (κ2) is 7.79. The van der Waals surface area contributed by atoms with Crippen molar-refractivity contribution in [3.63, 3.8) is 0 Å². The van der Waals surface area contributed by atoms with Crippen LogP contribution in [0.1, 0.15) is 35.3 Å². The number of methoxy groups -OCH3 is 1. The Hall–Kier alpha value is -1.89. The minimum atomic E-state index is -3.82. The Morgan fingerprint density at radius 3 is 2.46 bits per heavy atom. The van der Waals surface area contributed by atoms with Crippen molar-refractivity contribution in [1.29, 1.82) is 0 Å². The first-order valence-electron chi connectivity index (χ1n) is 7.34. The highest BCUT2D eigenvalue weighted by Crippen LogP contribution is 2.24. The van der Waals surface area contributed by atoms with Crippen LogP contribution in [0, 0.1) is 0 Å². The lowest BCUT2D eigenvalue weighted by Gasteiger charge is -2.18. The fraction of sp³-hybridized carbons (Fsp3) is 0.235. The van der Waals surface area contributed by atoms with Crippen molar-refractivity contribution in [1.82, 2.24) is 4.72 Å². The first-order valence-corrected chi connectivity index (χ1v) is 9.20. The monoisotopic (exact) mass is 367 g/mol. The summed E-state index contributed by atoms with van der Waals surface area (Å²) in [5.74, 6) is -0.688. The third-order valence-electron chi connectivity index (χ3n) is 3.56. The van der Waals surface area contributed by atoms with E-state index >= 15 is 0 Å². The molecule has 0 heterocycles. The van der Waals surface area contributed by atoms with Crippen LogP contribution in [0.25, 0.3) is 0 Å². The van der Waals surface area contributed by atoms with Crippen LogP contribution in [0.5, 0.6) is 0 Å². The molecule has 0 saturated heterocycles. The zero-order chi connectivity index (χ0) is 17.7. The molecule has 0 fully saturated rings. The summed E-state index contributed by atoms with van der Waals surface area (Å²) in [6.45, 7) is 1.89. The molecule has 1 N–H and O–H groups in total. The van der Waals surface area contributed by atoms with Gasteiger partial charge in [-0.2, -0.15) is 0 Å². The molecule has 128 valence electrons. The predicted octanol–water partition coefficient (Wildman–Crippen LogP) is 3.56. The number of esters is 1. The number of ether oxygens (including phenoxy) is 1. The van der Waals surface area contributed by atoms with Gasteiger partial charge in [-0.3, -0.25) is 0 Å². The SMILES string of the molecule is CC[C@H](NS(=O)(=O)c1ccc(Cl)c(C(=O)OC)c1)c1ccccc1. The van der Waals surface area contributed by atoms with Crippen molar-refractivity contribution in [2.75, 3.05) is 7.11 Å². The zero-order valence-electron chi connectivity index (χ0n) is 13.3. The van der Waals surface area contributed by atoms with Crippen LogP contribution in [0.4, 0.5) is 0 Å². The number of hydrogen-bond donors (Lipinski definition) is 1. The highest BCUT2D eigenvalue weighted by molar-refractivity contribution is 7.89. The molecule has 2 aromatic carbocycles. The maximum absolute atomic E-state index is 12.6. The van der Waals surface area contributed by atoms with Crippen molar-refractivity contribution < 1.29 is 17.9 Å². The largest absolute Gasteiger partial charge is 0.465 e. The first-order chi connectivity index (χ1) is 11.4. The van der Waals surface area contributed by atoms with Gasteiger partial charge < -0.3 is 4.74 Å². The van der Waals surface area contributed by atoms with Gasteiger partial charge in [-0.05, 0) is 30.2 Å². The molecule has 0 saturated carbocycles. The molecule has 0 aliphatic heterocycles. The maximum atomic E-state index is 12.6. The van der Waals surface area contributed by atoms with Crippen molar-refractivity contribution in [3.05, 3.63) is 64.7 Å². The molecule has 0 radical (unpaired) electrons. The molecular weight excluding hydrogens is 350 g/mol. The predicted molar refractivity (Wildman–Crippen MR) is 92.6 cm³/mol. The van der Waals surface area contributed by atoms with Crippen molar-refractivity contribution >= 4 is 27.6 Å². The molecule has 5 nitrogen and oxygen atoms in total. The minimum Gasteiger partial charge on any atom is -0.465 e. The van der Waals surface area contributed by atoms with E-state index < -0.39 is 16.0 Å². The van der Waals surface area contributed by atoms with Crippen LogP contribution in [0.2, 0.25) is 5.02 Å². The molecule has 2 aromatic rings. The standard InChI is InChI=1S/C17H18ClNO4S/c1-3-16(12-7-5-4-6-8-12)19-24(21,22)13-9-10-15(18)14(11-13)17(20)23-2/h4-11,16,19H,3H2,1-2H3/t16-/m0/s1. The lowest BCUT2D eigenvalue weighted by Crippen LogP contribution is -2.28. The second-order valence-corrected chi connectivity index (χ2v) is 7.25. The summed E-state index contributed by atoms with van der Waals surface area (Å²) in [4.78, 5) is 11.7. The fourth-order valence-electron chi connectivity index (χ4n) is 2.27. The average molecular weight is 368 g/mol. The number of rotatable bonds is 6. The van der Waals surface area contributed by atoms with Gasteiger partial charge in [0.05, 0.1) is 22.6 Å². The van der Waals surface area contributed by atoms with Crippen molar-refractivity contribution in [2.24, 2.45) is 0 Å². The number of benzene rings is 2.